The van der Waals surface area contributed by atoms with Crippen molar-refractivity contribution >= 4 is 45.1 Å². The number of benzene rings is 2. The maximum atomic E-state index is 14.5. The van der Waals surface area contributed by atoms with Gasteiger partial charge in [-0.3, -0.25) is 14.6 Å². The van der Waals surface area contributed by atoms with Crippen LogP contribution in [0.25, 0.3) is 0 Å². The maximum absolute atomic E-state index is 14.5. The molecule has 2 aromatic carbocycles. The van der Waals surface area contributed by atoms with Gasteiger partial charge in [0.2, 0.25) is 15.9 Å². The Morgan fingerprint density at radius 2 is 1.85 bits per heavy atom. The van der Waals surface area contributed by atoms with Gasteiger partial charge in [0.05, 0.1) is 25.0 Å². The molecule has 1 amide bonds. The lowest BCUT2D eigenvalue weighted by atomic mass is 9.67. The first-order valence-corrected chi connectivity index (χ1v) is 15.5. The van der Waals surface area contributed by atoms with Gasteiger partial charge in [-0.05, 0) is 60.4 Å². The standard InChI is InChI=1S/C30H33Cl2N3O5S/c1-4-24(18-34-41(38,39)25-9-6-14-33-19-25)35-28(20-10-12-22(31)13-11-20)26(21-7-5-8-23(32)15-21)16-30(2,29(35)37)17-27(36)40-3/h5-15,19,24,26,28,34H,4,16-18H2,1-3H3/t24-,26+,28+,30-/m0/s1. The van der Waals surface area contributed by atoms with Crippen molar-refractivity contribution in [1.82, 2.24) is 14.6 Å². The Kier molecular flexibility index (Phi) is 9.74. The highest BCUT2D eigenvalue weighted by molar-refractivity contribution is 7.89. The molecule has 0 bridgehead atoms. The van der Waals surface area contributed by atoms with Crippen molar-refractivity contribution in [1.29, 1.82) is 0 Å². The molecule has 3 aromatic rings. The summed E-state index contributed by atoms with van der Waals surface area (Å²) in [6, 6.07) is 16.7. The molecule has 1 aromatic heterocycles. The van der Waals surface area contributed by atoms with Crippen LogP contribution in [-0.4, -0.2) is 49.9 Å². The molecule has 0 aliphatic carbocycles. The van der Waals surface area contributed by atoms with Gasteiger partial charge in [-0.15, -0.1) is 0 Å². The van der Waals surface area contributed by atoms with E-state index in [0.717, 1.165) is 11.1 Å². The number of rotatable bonds is 10. The van der Waals surface area contributed by atoms with Crippen molar-refractivity contribution in [3.05, 3.63) is 94.2 Å². The van der Waals surface area contributed by atoms with Crippen LogP contribution >= 0.6 is 23.2 Å². The zero-order valence-electron chi connectivity index (χ0n) is 23.1. The quantitative estimate of drug-likeness (QED) is 0.289. The van der Waals surface area contributed by atoms with E-state index in [-0.39, 0.29) is 29.7 Å². The highest BCUT2D eigenvalue weighted by Crippen LogP contribution is 2.52. The third-order valence-electron chi connectivity index (χ3n) is 7.67. The van der Waals surface area contributed by atoms with E-state index in [2.05, 4.69) is 9.71 Å². The summed E-state index contributed by atoms with van der Waals surface area (Å²) in [6.45, 7) is 3.62. The monoisotopic (exact) mass is 617 g/mol. The third kappa shape index (κ3) is 6.92. The highest BCUT2D eigenvalue weighted by atomic mass is 35.5. The van der Waals surface area contributed by atoms with Gasteiger partial charge in [-0.1, -0.05) is 61.3 Å². The van der Waals surface area contributed by atoms with Crippen molar-refractivity contribution in [3.8, 4) is 0 Å². The number of hydrogen-bond donors (Lipinski definition) is 1. The lowest BCUT2D eigenvalue weighted by molar-refractivity contribution is -0.161. The van der Waals surface area contributed by atoms with Crippen molar-refractivity contribution in [2.45, 2.75) is 56.0 Å². The first kappa shape index (κ1) is 31.0. The van der Waals surface area contributed by atoms with Crippen LogP contribution < -0.4 is 4.72 Å². The second kappa shape index (κ2) is 12.9. The van der Waals surface area contributed by atoms with Crippen molar-refractivity contribution in [2.24, 2.45) is 5.41 Å². The molecule has 4 rings (SSSR count). The van der Waals surface area contributed by atoms with Crippen LogP contribution in [0.4, 0.5) is 0 Å². The number of halogens is 2. The zero-order valence-corrected chi connectivity index (χ0v) is 25.4. The lowest BCUT2D eigenvalue weighted by Crippen LogP contribution is -2.58. The molecule has 1 fully saturated rings. The molecule has 8 nitrogen and oxygen atoms in total. The van der Waals surface area contributed by atoms with Crippen LogP contribution in [0.1, 0.15) is 56.2 Å². The molecule has 41 heavy (non-hydrogen) atoms. The van der Waals surface area contributed by atoms with Crippen molar-refractivity contribution in [3.63, 3.8) is 0 Å². The van der Waals surface area contributed by atoms with Crippen LogP contribution in [0.5, 0.6) is 0 Å². The fraction of sp³-hybridized carbons (Fsp3) is 0.367. The minimum Gasteiger partial charge on any atom is -0.469 e. The average molecular weight is 619 g/mol. The third-order valence-corrected chi connectivity index (χ3v) is 9.57. The Labute approximate surface area is 251 Å². The molecule has 0 unspecified atom stereocenters. The molecule has 218 valence electrons. The summed E-state index contributed by atoms with van der Waals surface area (Å²) in [7, 11) is -2.60. The number of methoxy groups -OCH3 is 1. The number of carbonyl (C=O) groups is 2. The normalized spacial score (nSPS) is 21.9. The Hall–Kier alpha value is -2.98. The molecule has 11 heteroatoms. The van der Waals surface area contributed by atoms with Gasteiger partial charge in [-0.25, -0.2) is 13.1 Å². The molecule has 0 saturated carbocycles. The Morgan fingerprint density at radius 3 is 2.46 bits per heavy atom. The minimum atomic E-state index is -3.89. The van der Waals surface area contributed by atoms with E-state index in [9.17, 15) is 18.0 Å². The summed E-state index contributed by atoms with van der Waals surface area (Å²) in [5.41, 5.74) is 0.622. The SMILES string of the molecule is CC[C@@H](CNS(=O)(=O)c1cccnc1)N1C(=O)[C@](C)(CC(=O)OC)C[C@H](c2cccc(Cl)c2)[C@H]1c1ccc(Cl)cc1. The topological polar surface area (TPSA) is 106 Å². The number of ether oxygens (including phenoxy) is 1. The zero-order chi connectivity index (χ0) is 29.8. The molecule has 4 atom stereocenters. The fourth-order valence-corrected chi connectivity index (χ4v) is 6.93. The van der Waals surface area contributed by atoms with Gasteiger partial charge in [-0.2, -0.15) is 0 Å². The Bertz CT molecular complexity index is 1490. The summed E-state index contributed by atoms with van der Waals surface area (Å²) < 4.78 is 33.8. The molecule has 2 heterocycles. The van der Waals surface area contributed by atoms with Crippen LogP contribution in [-0.2, 0) is 24.3 Å². The molecular weight excluding hydrogens is 585 g/mol. The Morgan fingerprint density at radius 1 is 1.12 bits per heavy atom. The van der Waals surface area contributed by atoms with Gasteiger partial charge in [0, 0.05) is 40.9 Å². The number of piperidine rings is 1. The first-order chi connectivity index (χ1) is 19.5. The lowest BCUT2D eigenvalue weighted by Gasteiger charge is -2.52. The molecule has 0 spiro atoms. The maximum Gasteiger partial charge on any atom is 0.306 e. The number of nitrogens with one attached hydrogen (secondary N) is 1. The fourth-order valence-electron chi connectivity index (χ4n) is 5.57. The molecular formula is C30H33Cl2N3O5S. The largest absolute Gasteiger partial charge is 0.469 e. The number of esters is 1. The number of likely N-dealkylation sites (tertiary alicyclic amines) is 1. The van der Waals surface area contributed by atoms with Gasteiger partial charge in [0.15, 0.2) is 0 Å². The molecule has 1 aliphatic rings. The number of carbonyl (C=O) groups excluding carboxylic acids is 2. The predicted octanol–water partition coefficient (Wildman–Crippen LogP) is 5.77. The Balaban J connectivity index is 1.83. The van der Waals surface area contributed by atoms with Gasteiger partial charge >= 0.3 is 5.97 Å². The highest BCUT2D eigenvalue weighted by Gasteiger charge is 2.52. The van der Waals surface area contributed by atoms with Crippen LogP contribution in [0.3, 0.4) is 0 Å². The second-order valence-corrected chi connectivity index (χ2v) is 13.1. The summed E-state index contributed by atoms with van der Waals surface area (Å²) in [5, 5.41) is 1.10. The molecule has 1 aliphatic heterocycles. The molecule has 1 saturated heterocycles. The van der Waals surface area contributed by atoms with Gasteiger partial charge < -0.3 is 9.64 Å². The summed E-state index contributed by atoms with van der Waals surface area (Å²) in [4.78, 5) is 32.7. The van der Waals surface area contributed by atoms with Crippen LogP contribution in [0.15, 0.2) is 78.0 Å². The number of sulfonamides is 1. The predicted molar refractivity (Wildman–Crippen MR) is 158 cm³/mol. The number of aromatic nitrogens is 1. The van der Waals surface area contributed by atoms with E-state index in [1.807, 2.05) is 37.3 Å². The first-order valence-electron chi connectivity index (χ1n) is 13.3. The van der Waals surface area contributed by atoms with E-state index >= 15 is 0 Å². The van der Waals surface area contributed by atoms with Crippen molar-refractivity contribution < 1.29 is 22.7 Å². The number of nitrogens with zero attached hydrogens (tertiary/aromatic N) is 2. The summed E-state index contributed by atoms with van der Waals surface area (Å²) in [5.74, 6) is -1.03. The number of amides is 1. The molecule has 1 N–H and O–H groups in total. The van der Waals surface area contributed by atoms with Crippen molar-refractivity contribution in [2.75, 3.05) is 13.7 Å². The van der Waals surface area contributed by atoms with E-state index in [4.69, 9.17) is 27.9 Å². The average Bonchev–Trinajstić information content (AvgIpc) is 2.96. The summed E-state index contributed by atoms with van der Waals surface area (Å²) >= 11 is 12.6. The summed E-state index contributed by atoms with van der Waals surface area (Å²) in [6.07, 6.45) is 3.44. The van der Waals surface area contributed by atoms with Crippen LogP contribution in [0.2, 0.25) is 10.0 Å². The van der Waals surface area contributed by atoms with Gasteiger partial charge in [0.25, 0.3) is 0 Å². The number of pyridine rings is 1. The molecule has 0 radical (unpaired) electrons. The number of hydrogen-bond acceptors (Lipinski definition) is 6. The van der Waals surface area contributed by atoms with E-state index in [1.54, 1.807) is 36.1 Å². The van der Waals surface area contributed by atoms with Crippen LogP contribution in [0, 0.1) is 5.41 Å². The minimum absolute atomic E-state index is 0.0291. The second-order valence-electron chi connectivity index (χ2n) is 10.5. The van der Waals surface area contributed by atoms with E-state index in [1.165, 1.54) is 25.6 Å². The smallest absolute Gasteiger partial charge is 0.306 e. The van der Waals surface area contributed by atoms with Gasteiger partial charge in [0.1, 0.15) is 4.90 Å². The van der Waals surface area contributed by atoms with E-state index < -0.39 is 33.5 Å². The van der Waals surface area contributed by atoms with E-state index in [0.29, 0.717) is 22.9 Å².